The predicted octanol–water partition coefficient (Wildman–Crippen LogP) is 1.86. The van der Waals surface area contributed by atoms with E-state index in [1.165, 1.54) is 20.2 Å². The summed E-state index contributed by atoms with van der Waals surface area (Å²) in [5.74, 6) is -0.240. The van der Waals surface area contributed by atoms with Gasteiger partial charge in [0.2, 0.25) is 0 Å². The Bertz CT molecular complexity index is 277. The second kappa shape index (κ2) is 6.86. The van der Waals surface area contributed by atoms with E-state index >= 15 is 0 Å². The standard InChI is InChI=1S/C11H15NO2/c1-5-7-8-9-10(6-2)11(13)12(3)14-4/h5-9H,1-2H2,3-4H3/b8-7-,10-9+. The van der Waals surface area contributed by atoms with Gasteiger partial charge in [0, 0.05) is 12.6 Å². The quantitative estimate of drug-likeness (QED) is 0.379. The fraction of sp³-hybridized carbons (Fsp3) is 0.182. The molecular formula is C11H15NO2. The number of allylic oxidation sites excluding steroid dienone is 4. The molecule has 0 unspecified atom stereocenters. The van der Waals surface area contributed by atoms with Crippen LogP contribution in [0.1, 0.15) is 0 Å². The molecule has 0 rings (SSSR count). The van der Waals surface area contributed by atoms with Gasteiger partial charge in [0.25, 0.3) is 5.91 Å². The highest BCUT2D eigenvalue weighted by Crippen LogP contribution is 2.02. The van der Waals surface area contributed by atoms with E-state index in [0.717, 1.165) is 5.06 Å². The van der Waals surface area contributed by atoms with Crippen molar-refractivity contribution in [2.75, 3.05) is 14.2 Å². The highest BCUT2D eigenvalue weighted by atomic mass is 16.7. The maximum absolute atomic E-state index is 11.5. The molecular weight excluding hydrogens is 178 g/mol. The minimum atomic E-state index is -0.240. The van der Waals surface area contributed by atoms with Crippen molar-refractivity contribution in [1.29, 1.82) is 0 Å². The fourth-order valence-corrected chi connectivity index (χ4v) is 0.729. The van der Waals surface area contributed by atoms with Crippen molar-refractivity contribution >= 4 is 5.91 Å². The summed E-state index contributed by atoms with van der Waals surface area (Å²) in [6.45, 7) is 7.06. The van der Waals surface area contributed by atoms with Crippen LogP contribution < -0.4 is 0 Å². The number of carbonyl (C=O) groups is 1. The first-order valence-corrected chi connectivity index (χ1v) is 4.11. The molecule has 0 spiro atoms. The van der Waals surface area contributed by atoms with E-state index in [9.17, 15) is 4.79 Å². The van der Waals surface area contributed by atoms with E-state index in [4.69, 9.17) is 4.84 Å². The topological polar surface area (TPSA) is 29.5 Å². The average Bonchev–Trinajstić information content (AvgIpc) is 2.22. The molecule has 0 aliphatic heterocycles. The zero-order chi connectivity index (χ0) is 11.0. The van der Waals surface area contributed by atoms with Crippen molar-refractivity contribution in [3.63, 3.8) is 0 Å². The minimum absolute atomic E-state index is 0.240. The summed E-state index contributed by atoms with van der Waals surface area (Å²) >= 11 is 0. The summed E-state index contributed by atoms with van der Waals surface area (Å²) < 4.78 is 0. The molecule has 0 fully saturated rings. The number of hydroxylamine groups is 2. The molecule has 14 heavy (non-hydrogen) atoms. The second-order valence-electron chi connectivity index (χ2n) is 2.43. The van der Waals surface area contributed by atoms with Crippen molar-refractivity contribution in [2.45, 2.75) is 0 Å². The number of hydrogen-bond acceptors (Lipinski definition) is 2. The van der Waals surface area contributed by atoms with Crippen LogP contribution in [0, 0.1) is 0 Å². The lowest BCUT2D eigenvalue weighted by Gasteiger charge is -2.13. The van der Waals surface area contributed by atoms with Gasteiger partial charge in [-0.2, -0.15) is 0 Å². The fourth-order valence-electron chi connectivity index (χ4n) is 0.729. The zero-order valence-electron chi connectivity index (χ0n) is 8.56. The van der Waals surface area contributed by atoms with Crippen LogP contribution in [0.4, 0.5) is 0 Å². The highest BCUT2D eigenvalue weighted by Gasteiger charge is 2.09. The minimum Gasteiger partial charge on any atom is -0.274 e. The molecule has 1 amide bonds. The maximum Gasteiger partial charge on any atom is 0.277 e. The van der Waals surface area contributed by atoms with Gasteiger partial charge >= 0.3 is 0 Å². The normalized spacial score (nSPS) is 11.4. The van der Waals surface area contributed by atoms with Gasteiger partial charge in [0.15, 0.2) is 0 Å². The highest BCUT2D eigenvalue weighted by molar-refractivity contribution is 5.95. The van der Waals surface area contributed by atoms with Crippen molar-refractivity contribution in [2.24, 2.45) is 0 Å². The molecule has 0 N–H and O–H groups in total. The van der Waals surface area contributed by atoms with Crippen LogP contribution in [0.25, 0.3) is 0 Å². The molecule has 0 aliphatic carbocycles. The SMILES string of the molecule is C=C/C=C\C=C(/C=C)C(=O)N(C)OC. The van der Waals surface area contributed by atoms with Gasteiger partial charge in [-0.05, 0) is 6.08 Å². The van der Waals surface area contributed by atoms with Crippen molar-refractivity contribution in [1.82, 2.24) is 5.06 Å². The molecule has 0 heterocycles. The first-order chi connectivity index (χ1) is 6.67. The molecule has 3 nitrogen and oxygen atoms in total. The van der Waals surface area contributed by atoms with Crippen LogP contribution in [0.15, 0.2) is 49.1 Å². The Balaban J connectivity index is 4.63. The van der Waals surface area contributed by atoms with Crippen molar-refractivity contribution in [3.05, 3.63) is 49.1 Å². The van der Waals surface area contributed by atoms with E-state index < -0.39 is 0 Å². The van der Waals surface area contributed by atoms with Crippen LogP contribution in [-0.4, -0.2) is 25.1 Å². The number of rotatable bonds is 5. The van der Waals surface area contributed by atoms with E-state index in [1.807, 2.05) is 0 Å². The molecule has 0 aliphatic rings. The molecule has 0 aromatic rings. The monoisotopic (exact) mass is 193 g/mol. The van der Waals surface area contributed by atoms with E-state index in [2.05, 4.69) is 13.2 Å². The van der Waals surface area contributed by atoms with Gasteiger partial charge in [-0.15, -0.1) is 0 Å². The third-order valence-corrected chi connectivity index (χ3v) is 1.55. The Hall–Kier alpha value is -1.61. The Morgan fingerprint density at radius 1 is 1.36 bits per heavy atom. The summed E-state index contributed by atoms with van der Waals surface area (Å²) in [7, 11) is 2.97. The summed E-state index contributed by atoms with van der Waals surface area (Å²) in [6, 6.07) is 0. The maximum atomic E-state index is 11.5. The molecule has 76 valence electrons. The van der Waals surface area contributed by atoms with Gasteiger partial charge in [0.05, 0.1) is 7.11 Å². The van der Waals surface area contributed by atoms with E-state index in [-0.39, 0.29) is 5.91 Å². The van der Waals surface area contributed by atoms with Gasteiger partial charge in [-0.3, -0.25) is 9.63 Å². The van der Waals surface area contributed by atoms with Crippen LogP contribution in [0.5, 0.6) is 0 Å². The van der Waals surface area contributed by atoms with E-state index in [1.54, 1.807) is 24.3 Å². The molecule has 0 aromatic heterocycles. The number of hydrogen-bond donors (Lipinski definition) is 0. The summed E-state index contributed by atoms with van der Waals surface area (Å²) in [4.78, 5) is 16.3. The van der Waals surface area contributed by atoms with Crippen LogP contribution in [0.2, 0.25) is 0 Å². The van der Waals surface area contributed by atoms with Crippen LogP contribution in [0.3, 0.4) is 0 Å². The molecule has 0 bridgehead atoms. The predicted molar refractivity (Wildman–Crippen MR) is 57.4 cm³/mol. The summed E-state index contributed by atoms with van der Waals surface area (Å²) in [5, 5.41) is 1.13. The van der Waals surface area contributed by atoms with Gasteiger partial charge in [0.1, 0.15) is 0 Å². The molecule has 3 heteroatoms. The Morgan fingerprint density at radius 3 is 2.43 bits per heavy atom. The van der Waals surface area contributed by atoms with E-state index in [0.29, 0.717) is 5.57 Å². The lowest BCUT2D eigenvalue weighted by molar-refractivity contribution is -0.163. The number of nitrogens with zero attached hydrogens (tertiary/aromatic N) is 1. The number of amides is 1. The van der Waals surface area contributed by atoms with Crippen LogP contribution >= 0.6 is 0 Å². The lowest BCUT2D eigenvalue weighted by atomic mass is 10.2. The summed E-state index contributed by atoms with van der Waals surface area (Å²) in [5.41, 5.74) is 0.465. The Kier molecular flexibility index (Phi) is 6.07. The molecule has 0 atom stereocenters. The molecule has 0 saturated heterocycles. The average molecular weight is 193 g/mol. The summed E-state index contributed by atoms with van der Waals surface area (Å²) in [6.07, 6.45) is 8.19. The lowest BCUT2D eigenvalue weighted by Crippen LogP contribution is -2.26. The number of carbonyl (C=O) groups excluding carboxylic acids is 1. The van der Waals surface area contributed by atoms with Crippen molar-refractivity contribution < 1.29 is 9.63 Å². The van der Waals surface area contributed by atoms with Crippen LogP contribution in [-0.2, 0) is 9.63 Å². The molecule has 0 aromatic carbocycles. The molecule has 0 saturated carbocycles. The first kappa shape index (κ1) is 12.4. The zero-order valence-corrected chi connectivity index (χ0v) is 8.56. The Morgan fingerprint density at radius 2 is 2.00 bits per heavy atom. The largest absolute Gasteiger partial charge is 0.277 e. The second-order valence-corrected chi connectivity index (χ2v) is 2.43. The van der Waals surface area contributed by atoms with Gasteiger partial charge in [-0.25, -0.2) is 5.06 Å². The van der Waals surface area contributed by atoms with Crippen molar-refractivity contribution in [3.8, 4) is 0 Å². The molecule has 0 radical (unpaired) electrons. The first-order valence-electron chi connectivity index (χ1n) is 4.11. The Labute approximate surface area is 84.6 Å². The van der Waals surface area contributed by atoms with Gasteiger partial charge in [-0.1, -0.05) is 37.5 Å². The van der Waals surface area contributed by atoms with Gasteiger partial charge < -0.3 is 0 Å². The third kappa shape index (κ3) is 3.87. The smallest absolute Gasteiger partial charge is 0.274 e. The number of likely N-dealkylation sites (N-methyl/N-ethyl adjacent to an activating group) is 1. The third-order valence-electron chi connectivity index (χ3n) is 1.55.